The van der Waals surface area contributed by atoms with Crippen LogP contribution in [0.1, 0.15) is 16.7 Å². The average molecular weight is 437 g/mol. The monoisotopic (exact) mass is 437 g/mol. The van der Waals surface area contributed by atoms with Crippen LogP contribution in [-0.4, -0.2) is 8.42 Å². The van der Waals surface area contributed by atoms with E-state index in [0.717, 1.165) is 12.1 Å². The molecule has 2 aromatic rings. The Bertz CT molecular complexity index is 944. The van der Waals surface area contributed by atoms with Gasteiger partial charge in [-0.05, 0) is 30.3 Å². The molecule has 0 radical (unpaired) electrons. The Morgan fingerprint density at radius 3 is 1.57 bits per heavy atom. The summed E-state index contributed by atoms with van der Waals surface area (Å²) in [6.07, 6.45) is -15.7. The summed E-state index contributed by atoms with van der Waals surface area (Å²) in [7, 11) is -5.21. The Kier molecular flexibility index (Phi) is 5.36. The van der Waals surface area contributed by atoms with Crippen molar-refractivity contribution in [3.05, 3.63) is 59.2 Å². The predicted molar refractivity (Wildman–Crippen MR) is 78.7 cm³/mol. The summed E-state index contributed by atoms with van der Waals surface area (Å²) in [6, 6.07) is 2.57. The minimum atomic E-state index is -5.32. The van der Waals surface area contributed by atoms with Crippen molar-refractivity contribution in [3.8, 4) is 0 Å². The van der Waals surface area contributed by atoms with Gasteiger partial charge in [0.05, 0.1) is 27.3 Å². The maximum Gasteiger partial charge on any atom is 0.418 e. The lowest BCUT2D eigenvalue weighted by Crippen LogP contribution is -2.19. The third-order valence-electron chi connectivity index (χ3n) is 3.35. The summed E-state index contributed by atoms with van der Waals surface area (Å²) in [5.41, 5.74) is -6.37. The predicted octanol–water partition coefficient (Wildman–Crippen LogP) is 5.54. The molecule has 0 aliphatic rings. The third kappa shape index (κ3) is 4.88. The number of nitrogens with one attached hydrogen (secondary N) is 1. The maximum atomic E-state index is 12.9. The van der Waals surface area contributed by atoms with Gasteiger partial charge in [-0.2, -0.15) is 39.5 Å². The van der Waals surface area contributed by atoms with Crippen LogP contribution in [0.25, 0.3) is 0 Å². The molecule has 28 heavy (non-hydrogen) atoms. The molecule has 0 saturated heterocycles. The van der Waals surface area contributed by atoms with Gasteiger partial charge in [-0.1, -0.05) is 12.1 Å². The van der Waals surface area contributed by atoms with Crippen molar-refractivity contribution in [2.24, 2.45) is 0 Å². The SMILES string of the molecule is O=S(=O)(Nc1ccccc1C(F)(F)F)c1cc(C(F)(F)F)cc(C(F)(F)F)c1. The van der Waals surface area contributed by atoms with Crippen LogP contribution >= 0.6 is 0 Å². The minimum Gasteiger partial charge on any atom is -0.279 e. The van der Waals surface area contributed by atoms with Crippen molar-refractivity contribution >= 4 is 15.7 Å². The molecule has 0 amide bonds. The number of sulfonamides is 1. The third-order valence-corrected chi connectivity index (χ3v) is 4.69. The zero-order valence-electron chi connectivity index (χ0n) is 13.2. The quantitative estimate of drug-likeness (QED) is 0.641. The molecule has 0 aliphatic heterocycles. The molecule has 0 atom stereocenters. The minimum absolute atomic E-state index is 0.103. The van der Waals surface area contributed by atoms with Crippen LogP contribution < -0.4 is 4.72 Å². The van der Waals surface area contributed by atoms with Crippen LogP contribution in [0.3, 0.4) is 0 Å². The van der Waals surface area contributed by atoms with Gasteiger partial charge in [0.25, 0.3) is 10.0 Å². The van der Waals surface area contributed by atoms with Gasteiger partial charge < -0.3 is 0 Å². The van der Waals surface area contributed by atoms with E-state index in [4.69, 9.17) is 0 Å². The summed E-state index contributed by atoms with van der Waals surface area (Å²) in [5, 5.41) is 0. The molecule has 0 bridgehead atoms. The highest BCUT2D eigenvalue weighted by Crippen LogP contribution is 2.39. The van der Waals surface area contributed by atoms with E-state index in [1.165, 1.54) is 4.72 Å². The highest BCUT2D eigenvalue weighted by molar-refractivity contribution is 7.92. The van der Waals surface area contributed by atoms with Crippen LogP contribution in [0.15, 0.2) is 47.4 Å². The Labute approximate surface area is 151 Å². The molecule has 13 heteroatoms. The number of rotatable bonds is 3. The van der Waals surface area contributed by atoms with Crippen LogP contribution in [0.2, 0.25) is 0 Å². The molecule has 1 N–H and O–H groups in total. The number of anilines is 1. The van der Waals surface area contributed by atoms with E-state index in [1.54, 1.807) is 0 Å². The fraction of sp³-hybridized carbons (Fsp3) is 0.200. The number of alkyl halides is 9. The number of benzene rings is 2. The molecular formula is C15H8F9NO2S. The first-order chi connectivity index (χ1) is 12.5. The first kappa shape index (κ1) is 21.9. The van der Waals surface area contributed by atoms with Crippen molar-refractivity contribution in [2.45, 2.75) is 23.4 Å². The lowest BCUT2D eigenvalue weighted by atomic mass is 10.1. The zero-order valence-corrected chi connectivity index (χ0v) is 14.0. The highest BCUT2D eigenvalue weighted by Gasteiger charge is 2.39. The molecule has 0 heterocycles. The Morgan fingerprint density at radius 2 is 1.14 bits per heavy atom. The number of para-hydroxylation sites is 1. The van der Waals surface area contributed by atoms with Crippen LogP contribution in [-0.2, 0) is 28.6 Å². The summed E-state index contributed by atoms with van der Waals surface area (Å²) in [5.74, 6) is 0. The molecule has 3 nitrogen and oxygen atoms in total. The van der Waals surface area contributed by atoms with Crippen molar-refractivity contribution < 1.29 is 47.9 Å². The molecule has 0 spiro atoms. The second-order valence-corrected chi connectivity index (χ2v) is 7.07. The maximum absolute atomic E-state index is 12.9. The van der Waals surface area contributed by atoms with Crippen molar-refractivity contribution in [1.29, 1.82) is 0 Å². The van der Waals surface area contributed by atoms with Crippen molar-refractivity contribution in [3.63, 3.8) is 0 Å². The summed E-state index contributed by atoms with van der Waals surface area (Å²) < 4.78 is 142. The second-order valence-electron chi connectivity index (χ2n) is 5.39. The molecule has 0 fully saturated rings. The van der Waals surface area contributed by atoms with Gasteiger partial charge >= 0.3 is 18.5 Å². The van der Waals surface area contributed by atoms with E-state index in [9.17, 15) is 47.9 Å². The van der Waals surface area contributed by atoms with Gasteiger partial charge in [-0.3, -0.25) is 4.72 Å². The Morgan fingerprint density at radius 1 is 0.679 bits per heavy atom. The summed E-state index contributed by atoms with van der Waals surface area (Å²) >= 11 is 0. The number of hydrogen-bond donors (Lipinski definition) is 1. The Balaban J connectivity index is 2.61. The van der Waals surface area contributed by atoms with E-state index in [0.29, 0.717) is 12.1 Å². The van der Waals surface area contributed by atoms with Crippen LogP contribution in [0.5, 0.6) is 0 Å². The van der Waals surface area contributed by atoms with Gasteiger partial charge in [0.1, 0.15) is 0 Å². The molecule has 0 saturated carbocycles. The molecule has 2 rings (SSSR count). The summed E-state index contributed by atoms with van der Waals surface area (Å²) in [6.45, 7) is 0. The average Bonchev–Trinajstić information content (AvgIpc) is 2.52. The van der Waals surface area contributed by atoms with Gasteiger partial charge in [0.2, 0.25) is 0 Å². The van der Waals surface area contributed by atoms with E-state index >= 15 is 0 Å². The van der Waals surface area contributed by atoms with Crippen molar-refractivity contribution in [1.82, 2.24) is 0 Å². The number of halogens is 9. The smallest absolute Gasteiger partial charge is 0.279 e. The first-order valence-corrected chi connectivity index (χ1v) is 8.48. The van der Waals surface area contributed by atoms with Crippen LogP contribution in [0.4, 0.5) is 45.2 Å². The zero-order chi connectivity index (χ0) is 21.5. The van der Waals surface area contributed by atoms with Crippen LogP contribution in [0, 0.1) is 0 Å². The lowest BCUT2D eigenvalue weighted by molar-refractivity contribution is -0.143. The molecule has 2 aromatic carbocycles. The van der Waals surface area contributed by atoms with E-state index in [1.807, 2.05) is 0 Å². The van der Waals surface area contributed by atoms with Gasteiger partial charge in [0.15, 0.2) is 0 Å². The van der Waals surface area contributed by atoms with E-state index < -0.39 is 55.8 Å². The van der Waals surface area contributed by atoms with Gasteiger partial charge in [-0.25, -0.2) is 8.42 Å². The molecule has 0 unspecified atom stereocenters. The first-order valence-electron chi connectivity index (χ1n) is 7.00. The number of hydrogen-bond acceptors (Lipinski definition) is 2. The standard InChI is InChI=1S/C15H8F9NO2S/c16-13(17,18)8-5-9(14(19,20)21)7-10(6-8)28(26,27)25-12-4-2-1-3-11(12)15(22,23)24/h1-7,25H. The molecule has 0 aromatic heterocycles. The van der Waals surface area contributed by atoms with E-state index in [-0.39, 0.29) is 18.2 Å². The van der Waals surface area contributed by atoms with E-state index in [2.05, 4.69) is 0 Å². The topological polar surface area (TPSA) is 46.2 Å². The Hall–Kier alpha value is -2.44. The normalized spacial score (nSPS) is 13.5. The van der Waals surface area contributed by atoms with Gasteiger partial charge in [0, 0.05) is 0 Å². The van der Waals surface area contributed by atoms with Crippen molar-refractivity contribution in [2.75, 3.05) is 4.72 Å². The molecular weight excluding hydrogens is 429 g/mol. The van der Waals surface area contributed by atoms with Gasteiger partial charge in [-0.15, -0.1) is 0 Å². The second kappa shape index (κ2) is 6.87. The fourth-order valence-electron chi connectivity index (χ4n) is 2.10. The largest absolute Gasteiger partial charge is 0.418 e. The highest BCUT2D eigenvalue weighted by atomic mass is 32.2. The lowest BCUT2D eigenvalue weighted by Gasteiger charge is -2.17. The molecule has 0 aliphatic carbocycles. The fourth-order valence-corrected chi connectivity index (χ4v) is 3.25. The molecule has 154 valence electrons. The summed E-state index contributed by atoms with van der Waals surface area (Å²) in [4.78, 5) is -1.49.